The van der Waals surface area contributed by atoms with Crippen molar-refractivity contribution in [3.05, 3.63) is 11.6 Å². The van der Waals surface area contributed by atoms with Crippen LogP contribution in [0.3, 0.4) is 0 Å². The van der Waals surface area contributed by atoms with Gasteiger partial charge in [0.25, 0.3) is 0 Å². The van der Waals surface area contributed by atoms with Gasteiger partial charge in [-0.25, -0.2) is 9.78 Å². The van der Waals surface area contributed by atoms with E-state index in [1.165, 1.54) is 18.4 Å². The highest BCUT2D eigenvalue weighted by atomic mass is 32.1. The quantitative estimate of drug-likeness (QED) is 0.834. The maximum atomic E-state index is 12.0. The molecular weight excluding hydrogens is 278 g/mol. The fourth-order valence-corrected chi connectivity index (χ4v) is 4.07. The van der Waals surface area contributed by atoms with Crippen molar-refractivity contribution >= 4 is 28.5 Å². The van der Waals surface area contributed by atoms with Crippen LogP contribution in [0.5, 0.6) is 0 Å². The number of ether oxygens (including phenoxy) is 1. The molecule has 0 radical (unpaired) electrons. The van der Waals surface area contributed by atoms with Crippen LogP contribution in [0.25, 0.3) is 0 Å². The third-order valence-corrected chi connectivity index (χ3v) is 5.03. The second kappa shape index (κ2) is 5.40. The molecule has 0 aromatic carbocycles. The van der Waals surface area contributed by atoms with Crippen LogP contribution >= 0.6 is 11.3 Å². The molecule has 3 rings (SSSR count). The number of nitrogens with one attached hydrogen (secondary N) is 2. The molecule has 2 N–H and O–H groups in total. The van der Waals surface area contributed by atoms with E-state index < -0.39 is 0 Å². The second-order valence-corrected chi connectivity index (χ2v) is 6.24. The number of carbonyl (C=O) groups is 2. The van der Waals surface area contributed by atoms with E-state index in [0.29, 0.717) is 17.0 Å². The molecule has 2 fully saturated rings. The summed E-state index contributed by atoms with van der Waals surface area (Å²) >= 11 is 1.36. The maximum Gasteiger partial charge on any atom is 0.321 e. The highest BCUT2D eigenvalue weighted by molar-refractivity contribution is 7.13. The van der Waals surface area contributed by atoms with Gasteiger partial charge < -0.3 is 10.1 Å². The predicted molar refractivity (Wildman–Crippen MR) is 74.4 cm³/mol. The standard InChI is InChI=1S/C13H17N3O3S/c1-19-11(17)9-7-2-3-8(6-7)10(9)15-12(18)16-13-14-4-5-20-13/h4-5,7-10H,2-3,6H2,1H3,(H2,14,15,16,18)/t7-,8-,9+,10+/m0/s1. The number of methoxy groups -OCH3 is 1. The van der Waals surface area contributed by atoms with Gasteiger partial charge in [0.2, 0.25) is 0 Å². The van der Waals surface area contributed by atoms with Crippen molar-refractivity contribution < 1.29 is 14.3 Å². The normalized spacial score (nSPS) is 31.1. The van der Waals surface area contributed by atoms with Crippen molar-refractivity contribution in [1.82, 2.24) is 10.3 Å². The van der Waals surface area contributed by atoms with Crippen LogP contribution in [-0.2, 0) is 9.53 Å². The lowest BCUT2D eigenvalue weighted by atomic mass is 9.84. The third kappa shape index (κ3) is 2.37. The Morgan fingerprint density at radius 3 is 2.90 bits per heavy atom. The Balaban J connectivity index is 1.66. The predicted octanol–water partition coefficient (Wildman–Crippen LogP) is 1.85. The van der Waals surface area contributed by atoms with Crippen LogP contribution in [0.2, 0.25) is 0 Å². The molecule has 2 bridgehead atoms. The lowest BCUT2D eigenvalue weighted by Crippen LogP contribution is -2.48. The Bertz CT molecular complexity index is 505. The van der Waals surface area contributed by atoms with Crippen molar-refractivity contribution in [2.45, 2.75) is 25.3 Å². The first-order valence-corrected chi connectivity index (χ1v) is 7.62. The number of hydrogen-bond donors (Lipinski definition) is 2. The van der Waals surface area contributed by atoms with Crippen LogP contribution in [-0.4, -0.2) is 30.1 Å². The minimum absolute atomic E-state index is 0.124. The van der Waals surface area contributed by atoms with Gasteiger partial charge in [-0.05, 0) is 31.1 Å². The number of carbonyl (C=O) groups excluding carboxylic acids is 2. The number of thiazole rings is 1. The molecule has 108 valence electrons. The average Bonchev–Trinajstić information content (AvgIpc) is 3.14. The fourth-order valence-electron chi connectivity index (χ4n) is 3.54. The first kappa shape index (κ1) is 13.4. The molecule has 0 spiro atoms. The van der Waals surface area contributed by atoms with Gasteiger partial charge in [0.1, 0.15) is 0 Å². The molecule has 0 saturated heterocycles. The van der Waals surface area contributed by atoms with Gasteiger partial charge in [0.05, 0.1) is 13.0 Å². The first-order valence-electron chi connectivity index (χ1n) is 6.74. The Hall–Kier alpha value is -1.63. The zero-order valence-corrected chi connectivity index (χ0v) is 12.0. The Morgan fingerprint density at radius 2 is 2.20 bits per heavy atom. The summed E-state index contributed by atoms with van der Waals surface area (Å²) in [5.74, 6) is 0.307. The number of fused-ring (bicyclic) bond motifs is 2. The molecule has 6 nitrogen and oxygen atoms in total. The van der Waals surface area contributed by atoms with Crippen molar-refractivity contribution in [1.29, 1.82) is 0 Å². The van der Waals surface area contributed by atoms with Crippen LogP contribution in [0, 0.1) is 17.8 Å². The number of aromatic nitrogens is 1. The van der Waals surface area contributed by atoms with Gasteiger partial charge in [0.15, 0.2) is 5.13 Å². The van der Waals surface area contributed by atoms with Crippen molar-refractivity contribution in [2.75, 3.05) is 12.4 Å². The largest absolute Gasteiger partial charge is 0.469 e. The summed E-state index contributed by atoms with van der Waals surface area (Å²) in [6, 6.07) is -0.424. The number of urea groups is 1. The minimum Gasteiger partial charge on any atom is -0.469 e. The highest BCUT2D eigenvalue weighted by Gasteiger charge is 2.52. The second-order valence-electron chi connectivity index (χ2n) is 5.34. The highest BCUT2D eigenvalue weighted by Crippen LogP contribution is 2.48. The summed E-state index contributed by atoms with van der Waals surface area (Å²) in [4.78, 5) is 27.9. The van der Waals surface area contributed by atoms with Gasteiger partial charge in [-0.2, -0.15) is 0 Å². The molecule has 2 amide bonds. The van der Waals surface area contributed by atoms with Gasteiger partial charge in [-0.3, -0.25) is 10.1 Å². The van der Waals surface area contributed by atoms with Gasteiger partial charge in [-0.15, -0.1) is 11.3 Å². The number of amides is 2. The third-order valence-electron chi connectivity index (χ3n) is 4.34. The van der Waals surface area contributed by atoms with Gasteiger partial charge in [-0.1, -0.05) is 0 Å². The van der Waals surface area contributed by atoms with E-state index in [1.807, 2.05) is 0 Å². The molecule has 2 aliphatic carbocycles. The van der Waals surface area contributed by atoms with Crippen molar-refractivity contribution in [3.8, 4) is 0 Å². The average molecular weight is 295 g/mol. The Morgan fingerprint density at radius 1 is 1.40 bits per heavy atom. The topological polar surface area (TPSA) is 80.3 Å². The van der Waals surface area contributed by atoms with Crippen LogP contribution < -0.4 is 10.6 Å². The number of anilines is 1. The summed E-state index contributed by atoms with van der Waals surface area (Å²) in [5.41, 5.74) is 0. The lowest BCUT2D eigenvalue weighted by molar-refractivity contribution is -0.148. The summed E-state index contributed by atoms with van der Waals surface area (Å²) in [7, 11) is 1.40. The molecule has 7 heteroatoms. The molecule has 1 aromatic heterocycles. The van der Waals surface area contributed by atoms with Gasteiger partial charge in [0, 0.05) is 17.6 Å². The van der Waals surface area contributed by atoms with Crippen molar-refractivity contribution in [2.24, 2.45) is 17.8 Å². The van der Waals surface area contributed by atoms with Crippen LogP contribution in [0.1, 0.15) is 19.3 Å². The van der Waals surface area contributed by atoms with Crippen LogP contribution in [0.4, 0.5) is 9.93 Å². The van der Waals surface area contributed by atoms with E-state index >= 15 is 0 Å². The molecule has 20 heavy (non-hydrogen) atoms. The molecule has 0 aliphatic heterocycles. The molecule has 0 unspecified atom stereocenters. The van der Waals surface area contributed by atoms with E-state index in [2.05, 4.69) is 15.6 Å². The Kier molecular flexibility index (Phi) is 3.60. The zero-order chi connectivity index (χ0) is 14.1. The Labute approximate surface area is 120 Å². The smallest absolute Gasteiger partial charge is 0.321 e. The van der Waals surface area contributed by atoms with E-state index in [0.717, 1.165) is 19.3 Å². The molecule has 4 atom stereocenters. The van der Waals surface area contributed by atoms with E-state index in [4.69, 9.17) is 4.74 Å². The monoisotopic (exact) mass is 295 g/mol. The maximum absolute atomic E-state index is 12.0. The molecule has 2 aliphatic rings. The molecule has 2 saturated carbocycles. The van der Waals surface area contributed by atoms with Gasteiger partial charge >= 0.3 is 12.0 Å². The number of rotatable bonds is 3. The summed E-state index contributed by atoms with van der Waals surface area (Å²) in [6.07, 6.45) is 4.76. The first-order chi connectivity index (χ1) is 9.69. The summed E-state index contributed by atoms with van der Waals surface area (Å²) < 4.78 is 4.88. The van der Waals surface area contributed by atoms with E-state index in [1.54, 1.807) is 11.6 Å². The van der Waals surface area contributed by atoms with E-state index in [-0.39, 0.29) is 24.0 Å². The molecule has 1 aromatic rings. The van der Waals surface area contributed by atoms with E-state index in [9.17, 15) is 9.59 Å². The number of esters is 1. The van der Waals surface area contributed by atoms with Crippen LogP contribution in [0.15, 0.2) is 11.6 Å². The summed E-state index contributed by atoms with van der Waals surface area (Å²) in [5, 5.41) is 7.97. The fraction of sp³-hybridized carbons (Fsp3) is 0.615. The molecular formula is C13H17N3O3S. The molecule has 1 heterocycles. The summed E-state index contributed by atoms with van der Waals surface area (Å²) in [6.45, 7) is 0. The minimum atomic E-state index is -0.300. The zero-order valence-electron chi connectivity index (χ0n) is 11.2. The lowest BCUT2D eigenvalue weighted by Gasteiger charge is -2.29. The number of nitrogens with zero attached hydrogens (tertiary/aromatic N) is 1. The number of hydrogen-bond acceptors (Lipinski definition) is 5. The van der Waals surface area contributed by atoms with Crippen molar-refractivity contribution in [3.63, 3.8) is 0 Å². The SMILES string of the molecule is COC(=O)[C@@H]1[C@H]2CC[C@@H](C2)[C@H]1NC(=O)Nc1nccs1.